The first-order chi connectivity index (χ1) is 12.9. The van der Waals surface area contributed by atoms with Crippen molar-refractivity contribution in [3.63, 3.8) is 0 Å². The van der Waals surface area contributed by atoms with Gasteiger partial charge in [0.05, 0.1) is 20.1 Å². The molecular formula is C20H18BrF3N2OS. The first-order valence-corrected chi connectivity index (χ1v) is 9.41. The molecule has 0 unspecified atom stereocenters. The van der Waals surface area contributed by atoms with Gasteiger partial charge in [-0.2, -0.15) is 17.7 Å². The molecule has 28 heavy (non-hydrogen) atoms. The predicted molar refractivity (Wildman–Crippen MR) is 98.2 cm³/mol. The molecule has 4 rings (SSSR count). The van der Waals surface area contributed by atoms with E-state index in [1.54, 1.807) is 19.2 Å². The standard InChI is InChI=1S/C20H18F3N2OS.BrH/c1-26-16-8-4-14(5-9-16)18-13-24-12-2-3-19(24)25(18)15-6-10-17(11-7-15)27-20(21,22)23;/h4-11,13H,2-3,12H2,1H3;1H/q+1;/p-1. The minimum Gasteiger partial charge on any atom is -1.00 e. The molecule has 3 aromatic rings. The Kier molecular flexibility index (Phi) is 6.09. The van der Waals surface area contributed by atoms with Crippen molar-refractivity contribution in [3.8, 4) is 22.7 Å². The number of alkyl halides is 3. The summed E-state index contributed by atoms with van der Waals surface area (Å²) in [7, 11) is 1.63. The van der Waals surface area contributed by atoms with Crippen LogP contribution in [0.5, 0.6) is 5.75 Å². The summed E-state index contributed by atoms with van der Waals surface area (Å²) in [5.74, 6) is 1.95. The molecule has 0 N–H and O–H groups in total. The number of ether oxygens (including phenoxy) is 1. The fourth-order valence-corrected chi connectivity index (χ4v) is 3.99. The summed E-state index contributed by atoms with van der Waals surface area (Å²) in [5.41, 5.74) is -1.36. The summed E-state index contributed by atoms with van der Waals surface area (Å²) in [6, 6.07) is 14.4. The van der Waals surface area contributed by atoms with Gasteiger partial charge in [-0.3, -0.25) is 0 Å². The Morgan fingerprint density at radius 1 is 1.04 bits per heavy atom. The third-order valence-electron chi connectivity index (χ3n) is 4.62. The van der Waals surface area contributed by atoms with Crippen molar-refractivity contribution in [1.29, 1.82) is 0 Å². The molecule has 0 fully saturated rings. The van der Waals surface area contributed by atoms with E-state index in [0.29, 0.717) is 0 Å². The SMILES string of the molecule is COc1ccc(-c2c[n+]3c(n2-c2ccc(SC(F)(F)F)cc2)CCC3)cc1.[Br-]. The van der Waals surface area contributed by atoms with E-state index in [1.165, 1.54) is 12.1 Å². The first kappa shape index (κ1) is 20.8. The predicted octanol–water partition coefficient (Wildman–Crippen LogP) is 2.00. The van der Waals surface area contributed by atoms with E-state index in [4.69, 9.17) is 4.74 Å². The maximum atomic E-state index is 12.6. The fraction of sp³-hybridized carbons (Fsp3) is 0.250. The van der Waals surface area contributed by atoms with E-state index in [-0.39, 0.29) is 33.6 Å². The lowest BCUT2D eigenvalue weighted by Gasteiger charge is -2.08. The highest BCUT2D eigenvalue weighted by Gasteiger charge is 2.31. The zero-order valence-corrected chi connectivity index (χ0v) is 17.4. The summed E-state index contributed by atoms with van der Waals surface area (Å²) >= 11 is -0.0915. The van der Waals surface area contributed by atoms with Crippen molar-refractivity contribution in [3.05, 3.63) is 60.6 Å². The number of hydrogen-bond donors (Lipinski definition) is 0. The highest BCUT2D eigenvalue weighted by molar-refractivity contribution is 8.00. The van der Waals surface area contributed by atoms with Crippen molar-refractivity contribution >= 4 is 11.8 Å². The van der Waals surface area contributed by atoms with E-state index in [2.05, 4.69) is 15.3 Å². The Balaban J connectivity index is 0.00000225. The number of methoxy groups -OCH3 is 1. The highest BCUT2D eigenvalue weighted by atomic mass is 79.9. The highest BCUT2D eigenvalue weighted by Crippen LogP contribution is 2.37. The van der Waals surface area contributed by atoms with E-state index in [0.717, 1.165) is 47.9 Å². The lowest BCUT2D eigenvalue weighted by molar-refractivity contribution is -0.689. The van der Waals surface area contributed by atoms with Crippen molar-refractivity contribution < 1.29 is 39.5 Å². The van der Waals surface area contributed by atoms with Crippen LogP contribution in [0.25, 0.3) is 16.9 Å². The summed E-state index contributed by atoms with van der Waals surface area (Å²) in [4.78, 5) is 0.189. The summed E-state index contributed by atoms with van der Waals surface area (Å²) in [6.45, 7) is 0.952. The van der Waals surface area contributed by atoms with Crippen LogP contribution in [-0.2, 0) is 13.0 Å². The third-order valence-corrected chi connectivity index (χ3v) is 5.36. The molecule has 1 aliphatic heterocycles. The largest absolute Gasteiger partial charge is 1.00 e. The Bertz CT molecular complexity index is 953. The second-order valence-electron chi connectivity index (χ2n) is 6.33. The topological polar surface area (TPSA) is 18.0 Å². The van der Waals surface area contributed by atoms with Crippen LogP contribution in [0.4, 0.5) is 13.2 Å². The van der Waals surface area contributed by atoms with Gasteiger partial charge in [0.15, 0.2) is 5.69 Å². The average Bonchev–Trinajstić information content (AvgIpc) is 3.22. The second-order valence-corrected chi connectivity index (χ2v) is 7.47. The molecule has 8 heteroatoms. The molecule has 0 saturated carbocycles. The van der Waals surface area contributed by atoms with Gasteiger partial charge in [-0.1, -0.05) is 0 Å². The van der Waals surface area contributed by atoms with Crippen molar-refractivity contribution in [1.82, 2.24) is 4.57 Å². The van der Waals surface area contributed by atoms with Crippen LogP contribution in [0.1, 0.15) is 12.2 Å². The lowest BCUT2D eigenvalue weighted by atomic mass is 10.1. The van der Waals surface area contributed by atoms with Gasteiger partial charge in [0.2, 0.25) is 0 Å². The van der Waals surface area contributed by atoms with Gasteiger partial charge >= 0.3 is 5.51 Å². The monoisotopic (exact) mass is 470 g/mol. The molecule has 148 valence electrons. The number of nitrogens with zero attached hydrogens (tertiary/aromatic N) is 2. The van der Waals surface area contributed by atoms with Gasteiger partial charge < -0.3 is 21.7 Å². The number of hydrogen-bond acceptors (Lipinski definition) is 2. The number of benzene rings is 2. The first-order valence-electron chi connectivity index (χ1n) is 8.59. The van der Waals surface area contributed by atoms with Crippen LogP contribution in [0.3, 0.4) is 0 Å². The summed E-state index contributed by atoms with van der Waals surface area (Å²) < 4.78 is 47.3. The minimum absolute atomic E-state index is 0. The number of aromatic nitrogens is 2. The Labute approximate surface area is 175 Å². The molecule has 3 nitrogen and oxygen atoms in total. The van der Waals surface area contributed by atoms with Crippen LogP contribution in [0, 0.1) is 0 Å². The lowest BCUT2D eigenvalue weighted by Crippen LogP contribution is -3.00. The normalized spacial score (nSPS) is 13.1. The van der Waals surface area contributed by atoms with Gasteiger partial charge in [-0.05, 0) is 66.7 Å². The number of aryl methyl sites for hydroxylation is 1. The zero-order valence-electron chi connectivity index (χ0n) is 15.0. The van der Waals surface area contributed by atoms with Crippen LogP contribution in [0.15, 0.2) is 59.6 Å². The van der Waals surface area contributed by atoms with Crippen LogP contribution in [0.2, 0.25) is 0 Å². The number of halogens is 4. The molecule has 0 radical (unpaired) electrons. The number of thioether (sulfide) groups is 1. The average molecular weight is 471 g/mol. The maximum Gasteiger partial charge on any atom is 0.446 e. The smallest absolute Gasteiger partial charge is 0.446 e. The third kappa shape index (κ3) is 4.22. The number of imidazole rings is 1. The molecule has 0 atom stereocenters. The number of rotatable bonds is 4. The van der Waals surface area contributed by atoms with E-state index in [9.17, 15) is 13.2 Å². The summed E-state index contributed by atoms with van der Waals surface area (Å²) in [5, 5.41) is 0. The molecule has 0 saturated heterocycles. The Morgan fingerprint density at radius 2 is 1.71 bits per heavy atom. The molecule has 0 spiro atoms. The molecule has 0 amide bonds. The molecule has 0 bridgehead atoms. The van der Waals surface area contributed by atoms with Crippen LogP contribution in [-0.4, -0.2) is 17.2 Å². The molecule has 1 aromatic heterocycles. The molecule has 1 aliphatic rings. The molecule has 0 aliphatic carbocycles. The fourth-order valence-electron chi connectivity index (χ4n) is 3.45. The van der Waals surface area contributed by atoms with Gasteiger partial charge in [0.25, 0.3) is 5.82 Å². The van der Waals surface area contributed by atoms with Crippen molar-refractivity contribution in [2.75, 3.05) is 7.11 Å². The van der Waals surface area contributed by atoms with Crippen molar-refractivity contribution in [2.24, 2.45) is 0 Å². The van der Waals surface area contributed by atoms with E-state index < -0.39 is 5.51 Å². The molecule has 2 heterocycles. The van der Waals surface area contributed by atoms with Crippen molar-refractivity contribution in [2.45, 2.75) is 29.8 Å². The molecule has 2 aromatic carbocycles. The molecular weight excluding hydrogens is 453 g/mol. The van der Waals surface area contributed by atoms with E-state index >= 15 is 0 Å². The van der Waals surface area contributed by atoms with Gasteiger partial charge in [-0.25, -0.2) is 4.57 Å². The Morgan fingerprint density at radius 3 is 2.32 bits per heavy atom. The maximum absolute atomic E-state index is 12.6. The van der Waals surface area contributed by atoms with Crippen LogP contribution >= 0.6 is 11.8 Å². The van der Waals surface area contributed by atoms with E-state index in [1.807, 2.05) is 24.3 Å². The Hall–Kier alpha value is -1.93. The summed E-state index contributed by atoms with van der Waals surface area (Å²) in [6.07, 6.45) is 4.12. The van der Waals surface area contributed by atoms with Gasteiger partial charge in [-0.15, -0.1) is 0 Å². The number of fused-ring (bicyclic) bond motifs is 1. The zero-order chi connectivity index (χ0) is 19.0. The van der Waals surface area contributed by atoms with Gasteiger partial charge in [0.1, 0.15) is 17.6 Å². The van der Waals surface area contributed by atoms with Crippen LogP contribution < -0.4 is 26.3 Å². The second kappa shape index (κ2) is 8.21. The quantitative estimate of drug-likeness (QED) is 0.428. The minimum atomic E-state index is -4.28. The van der Waals surface area contributed by atoms with Gasteiger partial charge in [0, 0.05) is 10.5 Å².